The second-order valence-corrected chi connectivity index (χ2v) is 8.02. The minimum Gasteiger partial charge on any atom is -0.360 e. The lowest BCUT2D eigenvalue weighted by atomic mass is 10.2. The van der Waals surface area contributed by atoms with E-state index in [1.807, 2.05) is 78.8 Å². The van der Waals surface area contributed by atoms with E-state index in [1.165, 1.54) is 5.56 Å². The van der Waals surface area contributed by atoms with Crippen LogP contribution in [0.1, 0.15) is 33.8 Å². The Hall–Kier alpha value is -3.87. The average molecular weight is 430 g/mol. The monoisotopic (exact) mass is 429 g/mol. The Morgan fingerprint density at radius 3 is 2.62 bits per heavy atom. The van der Waals surface area contributed by atoms with Crippen LogP contribution >= 0.6 is 0 Å². The Morgan fingerprint density at radius 1 is 1.12 bits per heavy atom. The third-order valence-electron chi connectivity index (χ3n) is 5.39. The van der Waals surface area contributed by atoms with Gasteiger partial charge in [0.15, 0.2) is 5.82 Å². The highest BCUT2D eigenvalue weighted by Gasteiger charge is 2.13. The number of carbonyl (C=O) groups excluding carboxylic acids is 1. The van der Waals surface area contributed by atoms with Gasteiger partial charge in [-0.05, 0) is 44.0 Å². The highest BCUT2D eigenvalue weighted by Crippen LogP contribution is 2.21. The molecular weight excluding hydrogens is 402 g/mol. The lowest BCUT2D eigenvalue weighted by molar-refractivity contribution is -0.125. The Bertz CT molecular complexity index is 1250. The van der Waals surface area contributed by atoms with Gasteiger partial charge in [0.1, 0.15) is 5.76 Å². The fraction of sp³-hybridized carbons (Fsp3) is 0.240. The number of aryl methyl sites for hydroxylation is 2. The molecule has 0 aliphatic carbocycles. The molecule has 3 aromatic heterocycles. The molecule has 1 amide bonds. The van der Waals surface area contributed by atoms with E-state index in [4.69, 9.17) is 4.52 Å². The van der Waals surface area contributed by atoms with Gasteiger partial charge in [0.05, 0.1) is 12.7 Å². The fourth-order valence-electron chi connectivity index (χ4n) is 3.75. The van der Waals surface area contributed by atoms with E-state index in [0.29, 0.717) is 13.1 Å². The quantitative estimate of drug-likeness (QED) is 0.411. The highest BCUT2D eigenvalue weighted by atomic mass is 16.5. The predicted octanol–water partition coefficient (Wildman–Crippen LogP) is 4.31. The molecule has 0 aliphatic heterocycles. The lowest BCUT2D eigenvalue weighted by Crippen LogP contribution is -2.23. The molecule has 0 saturated carbocycles. The second kappa shape index (κ2) is 9.09. The van der Waals surface area contributed by atoms with Crippen LogP contribution in [0.4, 0.5) is 0 Å². The molecule has 0 N–H and O–H groups in total. The van der Waals surface area contributed by atoms with Crippen molar-refractivity contribution in [3.05, 3.63) is 94.8 Å². The van der Waals surface area contributed by atoms with Crippen molar-refractivity contribution in [2.75, 3.05) is 7.05 Å². The number of benzene rings is 1. The van der Waals surface area contributed by atoms with Gasteiger partial charge in [-0.25, -0.2) is 0 Å². The van der Waals surface area contributed by atoms with Gasteiger partial charge in [-0.15, -0.1) is 0 Å². The van der Waals surface area contributed by atoms with E-state index in [0.717, 1.165) is 34.1 Å². The third-order valence-corrected chi connectivity index (χ3v) is 5.39. The van der Waals surface area contributed by atoms with Crippen LogP contribution in [0.15, 0.2) is 65.5 Å². The van der Waals surface area contributed by atoms with E-state index >= 15 is 0 Å². The standard InChI is InChI=1S/C25H27N5O2/c1-18-12-23(20(3)30(18)24-13-19(2)32-27-24)10-11-25(31)28(4)15-22-14-26-29(17-22)16-21-8-6-5-7-9-21/h5-14,17H,15-16H2,1-4H3. The van der Waals surface area contributed by atoms with Crippen molar-refractivity contribution in [2.45, 2.75) is 33.9 Å². The number of aromatic nitrogens is 4. The van der Waals surface area contributed by atoms with Crippen LogP contribution in [-0.2, 0) is 17.9 Å². The molecule has 4 aromatic rings. The van der Waals surface area contributed by atoms with Gasteiger partial charge < -0.3 is 9.42 Å². The van der Waals surface area contributed by atoms with Crippen LogP contribution < -0.4 is 0 Å². The van der Waals surface area contributed by atoms with Gasteiger partial charge in [-0.3, -0.25) is 14.0 Å². The molecule has 0 aliphatic rings. The van der Waals surface area contributed by atoms with Crippen molar-refractivity contribution < 1.29 is 9.32 Å². The second-order valence-electron chi connectivity index (χ2n) is 8.02. The topological polar surface area (TPSA) is 69.1 Å². The normalized spacial score (nSPS) is 11.4. The smallest absolute Gasteiger partial charge is 0.246 e. The highest BCUT2D eigenvalue weighted by molar-refractivity contribution is 5.91. The number of hydrogen-bond donors (Lipinski definition) is 0. The summed E-state index contributed by atoms with van der Waals surface area (Å²) in [5.74, 6) is 1.43. The largest absolute Gasteiger partial charge is 0.360 e. The summed E-state index contributed by atoms with van der Waals surface area (Å²) in [5, 5.41) is 8.52. The molecule has 0 atom stereocenters. The van der Waals surface area contributed by atoms with Crippen molar-refractivity contribution in [3.8, 4) is 5.82 Å². The van der Waals surface area contributed by atoms with E-state index in [-0.39, 0.29) is 5.91 Å². The van der Waals surface area contributed by atoms with Gasteiger partial charge in [-0.1, -0.05) is 35.5 Å². The maximum atomic E-state index is 12.7. The Labute approximate surface area is 187 Å². The van der Waals surface area contributed by atoms with Crippen LogP contribution in [0, 0.1) is 20.8 Å². The third kappa shape index (κ3) is 4.72. The number of carbonyl (C=O) groups is 1. The molecule has 4 rings (SSSR count). The maximum absolute atomic E-state index is 12.7. The fourth-order valence-corrected chi connectivity index (χ4v) is 3.75. The van der Waals surface area contributed by atoms with Crippen LogP contribution in [0.25, 0.3) is 11.9 Å². The predicted molar refractivity (Wildman–Crippen MR) is 123 cm³/mol. The number of hydrogen-bond acceptors (Lipinski definition) is 4. The van der Waals surface area contributed by atoms with E-state index in [2.05, 4.69) is 22.4 Å². The Balaban J connectivity index is 1.40. The molecular formula is C25H27N5O2. The van der Waals surface area contributed by atoms with Crippen LogP contribution in [0.3, 0.4) is 0 Å². The summed E-state index contributed by atoms with van der Waals surface area (Å²) in [7, 11) is 1.79. The van der Waals surface area contributed by atoms with Gasteiger partial charge in [0.25, 0.3) is 0 Å². The SMILES string of the molecule is Cc1cc(-n2c(C)cc(C=CC(=O)N(C)Cc3cnn(Cc4ccccc4)c3)c2C)no1. The van der Waals surface area contributed by atoms with Crippen molar-refractivity contribution in [3.63, 3.8) is 0 Å². The zero-order valence-electron chi connectivity index (χ0n) is 18.8. The molecule has 0 radical (unpaired) electrons. The van der Waals surface area contributed by atoms with Crippen molar-refractivity contribution in [2.24, 2.45) is 0 Å². The Morgan fingerprint density at radius 2 is 1.91 bits per heavy atom. The first-order valence-electron chi connectivity index (χ1n) is 10.5. The molecule has 0 saturated heterocycles. The zero-order valence-corrected chi connectivity index (χ0v) is 18.8. The van der Waals surface area contributed by atoms with Crippen molar-refractivity contribution in [1.82, 2.24) is 24.4 Å². The molecule has 7 nitrogen and oxygen atoms in total. The molecule has 0 spiro atoms. The van der Waals surface area contributed by atoms with Gasteiger partial charge in [0, 0.05) is 48.9 Å². The first kappa shape index (κ1) is 21.4. The number of rotatable bonds is 7. The summed E-state index contributed by atoms with van der Waals surface area (Å²) in [6, 6.07) is 14.1. The summed E-state index contributed by atoms with van der Waals surface area (Å²) in [6.07, 6.45) is 7.25. The van der Waals surface area contributed by atoms with Crippen LogP contribution in [0.5, 0.6) is 0 Å². The maximum Gasteiger partial charge on any atom is 0.246 e. The molecule has 3 heterocycles. The van der Waals surface area contributed by atoms with Crippen LogP contribution in [0.2, 0.25) is 0 Å². The summed E-state index contributed by atoms with van der Waals surface area (Å²) in [5.41, 5.74) is 5.19. The first-order valence-corrected chi connectivity index (χ1v) is 10.5. The minimum absolute atomic E-state index is 0.0668. The number of likely N-dealkylation sites (N-methyl/N-ethyl adjacent to an activating group) is 1. The number of nitrogens with zero attached hydrogens (tertiary/aromatic N) is 5. The first-order chi connectivity index (χ1) is 15.4. The van der Waals surface area contributed by atoms with Crippen molar-refractivity contribution >= 4 is 12.0 Å². The average Bonchev–Trinajstić information content (AvgIpc) is 3.46. The lowest BCUT2D eigenvalue weighted by Gasteiger charge is -2.13. The van der Waals surface area contributed by atoms with Gasteiger partial charge in [-0.2, -0.15) is 5.10 Å². The van der Waals surface area contributed by atoms with Crippen LogP contribution in [-0.4, -0.2) is 37.4 Å². The summed E-state index contributed by atoms with van der Waals surface area (Å²) in [4.78, 5) is 14.4. The summed E-state index contributed by atoms with van der Waals surface area (Å²) < 4.78 is 9.11. The molecule has 1 aromatic carbocycles. The molecule has 32 heavy (non-hydrogen) atoms. The molecule has 0 unspecified atom stereocenters. The van der Waals surface area contributed by atoms with E-state index in [1.54, 1.807) is 18.0 Å². The minimum atomic E-state index is -0.0668. The number of amides is 1. The summed E-state index contributed by atoms with van der Waals surface area (Å²) >= 11 is 0. The molecule has 0 bridgehead atoms. The zero-order chi connectivity index (χ0) is 22.7. The van der Waals surface area contributed by atoms with Crippen molar-refractivity contribution in [1.29, 1.82) is 0 Å². The molecule has 7 heteroatoms. The molecule has 0 fully saturated rings. The van der Waals surface area contributed by atoms with Gasteiger partial charge in [0.2, 0.25) is 5.91 Å². The van der Waals surface area contributed by atoms with E-state index < -0.39 is 0 Å². The Kier molecular flexibility index (Phi) is 6.07. The summed E-state index contributed by atoms with van der Waals surface area (Å²) in [6.45, 7) is 7.08. The molecule has 164 valence electrons. The van der Waals surface area contributed by atoms with Gasteiger partial charge >= 0.3 is 0 Å². The van der Waals surface area contributed by atoms with E-state index in [9.17, 15) is 4.79 Å².